The summed E-state index contributed by atoms with van der Waals surface area (Å²) in [5.41, 5.74) is 3.24. The predicted octanol–water partition coefficient (Wildman–Crippen LogP) is 2.70. The van der Waals surface area contributed by atoms with Gasteiger partial charge in [0.05, 0.1) is 14.2 Å². The first-order valence-corrected chi connectivity index (χ1v) is 7.15. The van der Waals surface area contributed by atoms with Crippen LogP contribution in [0.4, 0.5) is 0 Å². The lowest BCUT2D eigenvalue weighted by molar-refractivity contribution is 0.350. The van der Waals surface area contributed by atoms with Gasteiger partial charge < -0.3 is 14.8 Å². The fraction of sp³-hybridized carbons (Fsp3) is 0.625. The molecule has 104 valence electrons. The molecule has 1 aromatic rings. The molecular weight excluding hydrogens is 238 g/mol. The molecule has 0 radical (unpaired) electrons. The average Bonchev–Trinajstić information content (AvgIpc) is 3.14. The summed E-state index contributed by atoms with van der Waals surface area (Å²) in [4.78, 5) is 0. The van der Waals surface area contributed by atoms with E-state index in [1.807, 2.05) is 0 Å². The second-order valence-electron chi connectivity index (χ2n) is 6.12. The number of methoxy groups -OCH3 is 2. The van der Waals surface area contributed by atoms with Crippen molar-refractivity contribution in [2.45, 2.75) is 50.6 Å². The molecule has 0 aliphatic heterocycles. The Balaban J connectivity index is 1.79. The highest BCUT2D eigenvalue weighted by Gasteiger charge is 2.39. The van der Waals surface area contributed by atoms with E-state index in [0.29, 0.717) is 11.6 Å². The van der Waals surface area contributed by atoms with Gasteiger partial charge in [0, 0.05) is 11.6 Å². The first kappa shape index (κ1) is 12.8. The van der Waals surface area contributed by atoms with E-state index in [4.69, 9.17) is 9.47 Å². The molecule has 19 heavy (non-hydrogen) atoms. The van der Waals surface area contributed by atoms with E-state index in [9.17, 15) is 0 Å². The summed E-state index contributed by atoms with van der Waals surface area (Å²) in [6, 6.07) is 4.90. The normalized spacial score (nSPS) is 23.6. The van der Waals surface area contributed by atoms with Crippen LogP contribution in [-0.2, 0) is 12.8 Å². The van der Waals surface area contributed by atoms with Gasteiger partial charge in [-0.15, -0.1) is 0 Å². The van der Waals surface area contributed by atoms with Crippen LogP contribution in [0.3, 0.4) is 0 Å². The molecule has 1 unspecified atom stereocenters. The number of hydrogen-bond donors (Lipinski definition) is 1. The minimum absolute atomic E-state index is 0.415. The zero-order valence-corrected chi connectivity index (χ0v) is 12.1. The minimum Gasteiger partial charge on any atom is -0.493 e. The molecule has 1 aromatic carbocycles. The van der Waals surface area contributed by atoms with Crippen molar-refractivity contribution in [3.8, 4) is 11.5 Å². The van der Waals surface area contributed by atoms with Gasteiger partial charge in [-0.1, -0.05) is 0 Å². The van der Waals surface area contributed by atoms with Crippen LogP contribution >= 0.6 is 0 Å². The highest BCUT2D eigenvalue weighted by Crippen LogP contribution is 2.38. The molecule has 1 atom stereocenters. The third kappa shape index (κ3) is 2.57. The lowest BCUT2D eigenvalue weighted by Crippen LogP contribution is -2.41. The molecule has 1 saturated carbocycles. The van der Waals surface area contributed by atoms with Crippen LogP contribution in [-0.4, -0.2) is 25.8 Å². The van der Waals surface area contributed by atoms with Crippen LogP contribution in [0.1, 0.15) is 37.3 Å². The smallest absolute Gasteiger partial charge is 0.161 e. The fourth-order valence-electron chi connectivity index (χ4n) is 3.03. The van der Waals surface area contributed by atoms with E-state index < -0.39 is 0 Å². The summed E-state index contributed by atoms with van der Waals surface area (Å²) in [6.07, 6.45) is 6.09. The van der Waals surface area contributed by atoms with Gasteiger partial charge in [-0.25, -0.2) is 0 Å². The van der Waals surface area contributed by atoms with Crippen molar-refractivity contribution >= 4 is 0 Å². The molecule has 3 nitrogen and oxygen atoms in total. The van der Waals surface area contributed by atoms with Crippen molar-refractivity contribution in [3.63, 3.8) is 0 Å². The molecule has 0 aromatic heterocycles. The van der Waals surface area contributed by atoms with Crippen LogP contribution in [0.2, 0.25) is 0 Å². The molecule has 3 rings (SSSR count). The van der Waals surface area contributed by atoms with E-state index >= 15 is 0 Å². The fourth-order valence-corrected chi connectivity index (χ4v) is 3.03. The Morgan fingerprint density at radius 2 is 1.74 bits per heavy atom. The number of benzene rings is 1. The maximum absolute atomic E-state index is 5.41. The van der Waals surface area contributed by atoms with E-state index in [1.54, 1.807) is 14.2 Å². The van der Waals surface area contributed by atoms with Gasteiger partial charge in [-0.2, -0.15) is 0 Å². The van der Waals surface area contributed by atoms with Crippen molar-refractivity contribution in [1.29, 1.82) is 0 Å². The van der Waals surface area contributed by atoms with E-state index in [-0.39, 0.29) is 0 Å². The second-order valence-corrected chi connectivity index (χ2v) is 6.12. The SMILES string of the molecule is COc1cc2c(cc1OC)CC(NC1(C)CC1)CC2. The lowest BCUT2D eigenvalue weighted by Gasteiger charge is -2.29. The second kappa shape index (κ2) is 4.71. The van der Waals surface area contributed by atoms with Gasteiger partial charge in [-0.3, -0.25) is 0 Å². The van der Waals surface area contributed by atoms with Crippen LogP contribution in [0.5, 0.6) is 11.5 Å². The quantitative estimate of drug-likeness (QED) is 0.904. The molecule has 1 N–H and O–H groups in total. The Hall–Kier alpha value is -1.22. The molecule has 0 saturated heterocycles. The number of fused-ring (bicyclic) bond motifs is 1. The summed E-state index contributed by atoms with van der Waals surface area (Å²) < 4.78 is 10.8. The van der Waals surface area contributed by atoms with Crippen molar-refractivity contribution < 1.29 is 9.47 Å². The highest BCUT2D eigenvalue weighted by atomic mass is 16.5. The Labute approximate surface area is 115 Å². The van der Waals surface area contributed by atoms with Gasteiger partial charge in [0.25, 0.3) is 0 Å². The van der Waals surface area contributed by atoms with Crippen LogP contribution in [0, 0.1) is 0 Å². The van der Waals surface area contributed by atoms with Crippen LogP contribution in [0.25, 0.3) is 0 Å². The molecule has 2 aliphatic rings. The van der Waals surface area contributed by atoms with Crippen LogP contribution in [0.15, 0.2) is 12.1 Å². The Bertz CT molecular complexity index is 480. The average molecular weight is 261 g/mol. The van der Waals surface area contributed by atoms with E-state index in [1.165, 1.54) is 30.4 Å². The van der Waals surface area contributed by atoms with Crippen LogP contribution < -0.4 is 14.8 Å². The number of aryl methyl sites for hydroxylation is 1. The highest BCUT2D eigenvalue weighted by molar-refractivity contribution is 5.48. The van der Waals surface area contributed by atoms with Crippen molar-refractivity contribution in [3.05, 3.63) is 23.3 Å². The van der Waals surface area contributed by atoms with Crippen molar-refractivity contribution in [2.75, 3.05) is 14.2 Å². The Morgan fingerprint density at radius 1 is 1.11 bits per heavy atom. The van der Waals surface area contributed by atoms with E-state index in [0.717, 1.165) is 24.3 Å². The molecular formula is C16H23NO2. The van der Waals surface area contributed by atoms with Gasteiger partial charge in [0.1, 0.15) is 0 Å². The van der Waals surface area contributed by atoms with Crippen molar-refractivity contribution in [2.24, 2.45) is 0 Å². The summed E-state index contributed by atoms with van der Waals surface area (Å²) in [5.74, 6) is 1.70. The standard InChI is InChI=1S/C16H23NO2/c1-16(6-7-16)17-13-5-4-11-9-14(18-2)15(19-3)10-12(11)8-13/h9-10,13,17H,4-8H2,1-3H3. The largest absolute Gasteiger partial charge is 0.493 e. The lowest BCUT2D eigenvalue weighted by atomic mass is 9.87. The van der Waals surface area contributed by atoms with Gasteiger partial charge in [0.2, 0.25) is 0 Å². The molecule has 0 amide bonds. The Morgan fingerprint density at radius 3 is 2.32 bits per heavy atom. The third-order valence-electron chi connectivity index (χ3n) is 4.49. The van der Waals surface area contributed by atoms with Gasteiger partial charge in [0.15, 0.2) is 11.5 Å². The first-order chi connectivity index (χ1) is 9.13. The summed E-state index contributed by atoms with van der Waals surface area (Å²) in [5, 5.41) is 3.80. The third-order valence-corrected chi connectivity index (χ3v) is 4.49. The summed E-state index contributed by atoms with van der Waals surface area (Å²) >= 11 is 0. The number of rotatable bonds is 4. The van der Waals surface area contributed by atoms with Gasteiger partial charge >= 0.3 is 0 Å². The topological polar surface area (TPSA) is 30.5 Å². The molecule has 2 aliphatic carbocycles. The van der Waals surface area contributed by atoms with E-state index in [2.05, 4.69) is 24.4 Å². The van der Waals surface area contributed by atoms with Crippen molar-refractivity contribution in [1.82, 2.24) is 5.32 Å². The van der Waals surface area contributed by atoms with Gasteiger partial charge in [-0.05, 0) is 62.3 Å². The summed E-state index contributed by atoms with van der Waals surface area (Å²) in [6.45, 7) is 2.33. The monoisotopic (exact) mass is 261 g/mol. The molecule has 0 heterocycles. The predicted molar refractivity (Wildman–Crippen MR) is 76.1 cm³/mol. The Kier molecular flexibility index (Phi) is 3.17. The molecule has 0 spiro atoms. The maximum Gasteiger partial charge on any atom is 0.161 e. The minimum atomic E-state index is 0.415. The maximum atomic E-state index is 5.41. The summed E-state index contributed by atoms with van der Waals surface area (Å²) in [7, 11) is 3.40. The number of hydrogen-bond acceptors (Lipinski definition) is 3. The first-order valence-electron chi connectivity index (χ1n) is 7.15. The number of nitrogens with one attached hydrogen (secondary N) is 1. The molecule has 0 bridgehead atoms. The zero-order valence-electron chi connectivity index (χ0n) is 12.1. The number of ether oxygens (including phenoxy) is 2. The molecule has 1 fully saturated rings. The molecule has 3 heteroatoms. The zero-order chi connectivity index (χ0) is 13.5.